The predicted octanol–water partition coefficient (Wildman–Crippen LogP) is 5.02. The minimum atomic E-state index is 0.277. The van der Waals surface area contributed by atoms with Crippen LogP contribution in [0.25, 0.3) is 5.57 Å². The molecule has 0 amide bonds. The normalized spacial score (nSPS) is 16.1. The van der Waals surface area contributed by atoms with Gasteiger partial charge in [-0.3, -0.25) is 0 Å². The molecule has 1 saturated carbocycles. The maximum atomic E-state index is 9.62. The van der Waals surface area contributed by atoms with E-state index in [1.807, 2.05) is 24.3 Å². The minimum absolute atomic E-state index is 0.277. The van der Waals surface area contributed by atoms with Crippen LogP contribution in [0.2, 0.25) is 0 Å². The van der Waals surface area contributed by atoms with Gasteiger partial charge < -0.3 is 9.84 Å². The van der Waals surface area contributed by atoms with Crippen LogP contribution in [0, 0.1) is 31.6 Å². The molecule has 0 aromatic heterocycles. The van der Waals surface area contributed by atoms with E-state index in [4.69, 9.17) is 4.74 Å². The first-order chi connectivity index (χ1) is 11.7. The van der Waals surface area contributed by atoms with E-state index in [1.165, 1.54) is 17.1 Å². The Bertz CT molecular complexity index is 690. The Kier molecular flexibility index (Phi) is 5.24. The second-order valence-corrected chi connectivity index (χ2v) is 5.66. The Morgan fingerprint density at radius 3 is 1.92 bits per heavy atom. The molecule has 2 aromatic carbocycles. The molecule has 0 bridgehead atoms. The fourth-order valence-electron chi connectivity index (χ4n) is 3.00. The number of methoxy groups -OCH3 is 1. The number of rotatable bonds is 5. The third kappa shape index (κ3) is 3.48. The molecule has 1 aliphatic rings. The first-order valence-electron chi connectivity index (χ1n) is 8.12. The van der Waals surface area contributed by atoms with Crippen molar-refractivity contribution in [2.45, 2.75) is 13.3 Å². The molecule has 0 spiro atoms. The summed E-state index contributed by atoms with van der Waals surface area (Å²) in [6.07, 6.45) is 9.33. The van der Waals surface area contributed by atoms with Gasteiger partial charge >= 0.3 is 0 Å². The molecule has 2 nitrogen and oxygen atoms in total. The molecule has 1 aliphatic carbocycles. The van der Waals surface area contributed by atoms with Crippen LogP contribution in [0.4, 0.5) is 0 Å². The van der Waals surface area contributed by atoms with E-state index in [0.717, 1.165) is 23.3 Å². The number of allylic oxidation sites excluding steroid dienone is 1. The lowest BCUT2D eigenvalue weighted by molar-refractivity contribution is 0.415. The van der Waals surface area contributed by atoms with Crippen molar-refractivity contribution in [3.63, 3.8) is 0 Å². The van der Waals surface area contributed by atoms with Gasteiger partial charge in [0.2, 0.25) is 0 Å². The Labute approximate surface area is 144 Å². The van der Waals surface area contributed by atoms with Crippen LogP contribution in [-0.2, 0) is 0 Å². The highest BCUT2D eigenvalue weighted by Crippen LogP contribution is 2.40. The number of hydrogen-bond acceptors (Lipinski definition) is 2. The van der Waals surface area contributed by atoms with E-state index >= 15 is 0 Å². The molecule has 0 saturated heterocycles. The predicted molar refractivity (Wildman–Crippen MR) is 97.9 cm³/mol. The molecule has 5 radical (unpaired) electrons. The van der Waals surface area contributed by atoms with Gasteiger partial charge in [0.15, 0.2) is 0 Å². The first-order valence-corrected chi connectivity index (χ1v) is 8.12. The number of ether oxygens (including phenoxy) is 1. The summed E-state index contributed by atoms with van der Waals surface area (Å²) in [6, 6.07) is 15.5. The van der Waals surface area contributed by atoms with Crippen LogP contribution >= 0.6 is 0 Å². The Morgan fingerprint density at radius 1 is 0.875 bits per heavy atom. The SMILES string of the molecule is CC/C([C]1[CH][CH][CH][CH]1)=C(\c1ccc(O)cc1)c1ccc(OC)cc1. The molecule has 1 N–H and O–H groups in total. The zero-order valence-corrected chi connectivity index (χ0v) is 14.0. The number of hydrogen-bond donors (Lipinski definition) is 1. The van der Waals surface area contributed by atoms with Crippen molar-refractivity contribution >= 4 is 5.57 Å². The average Bonchev–Trinajstić information content (AvgIpc) is 3.15. The maximum absolute atomic E-state index is 9.62. The second kappa shape index (κ2) is 7.57. The van der Waals surface area contributed by atoms with Gasteiger partial charge in [0, 0.05) is 5.92 Å². The molecule has 0 unspecified atom stereocenters. The molecule has 1 fully saturated rings. The van der Waals surface area contributed by atoms with Crippen LogP contribution in [0.5, 0.6) is 11.5 Å². The first kappa shape index (κ1) is 16.6. The van der Waals surface area contributed by atoms with Gasteiger partial charge in [-0.05, 0) is 73.1 Å². The largest absolute Gasteiger partial charge is 0.508 e. The van der Waals surface area contributed by atoms with Crippen molar-refractivity contribution in [2.24, 2.45) is 0 Å². The fourth-order valence-corrected chi connectivity index (χ4v) is 3.00. The lowest BCUT2D eigenvalue weighted by Gasteiger charge is -2.20. The van der Waals surface area contributed by atoms with Crippen LogP contribution in [-0.4, -0.2) is 12.2 Å². The van der Waals surface area contributed by atoms with Crippen molar-refractivity contribution in [3.05, 3.63) is 96.8 Å². The molecule has 0 aliphatic heterocycles. The van der Waals surface area contributed by atoms with Gasteiger partial charge in [0.25, 0.3) is 0 Å². The van der Waals surface area contributed by atoms with Crippen molar-refractivity contribution < 1.29 is 9.84 Å². The molecule has 121 valence electrons. The van der Waals surface area contributed by atoms with Crippen molar-refractivity contribution in [2.75, 3.05) is 7.11 Å². The molecule has 0 heterocycles. The summed E-state index contributed by atoms with van der Waals surface area (Å²) in [6.45, 7) is 2.17. The van der Waals surface area contributed by atoms with Crippen LogP contribution in [0.1, 0.15) is 24.5 Å². The highest BCUT2D eigenvalue weighted by atomic mass is 16.5. The molecule has 3 rings (SSSR count). The van der Waals surface area contributed by atoms with E-state index in [-0.39, 0.29) is 5.75 Å². The monoisotopic (exact) mass is 317 g/mol. The fraction of sp³-hybridized carbons (Fsp3) is 0.136. The highest BCUT2D eigenvalue weighted by molar-refractivity contribution is 5.85. The quantitative estimate of drug-likeness (QED) is 0.839. The number of phenols is 1. The molecule has 2 aromatic rings. The lowest BCUT2D eigenvalue weighted by atomic mass is 9.84. The molecule has 24 heavy (non-hydrogen) atoms. The van der Waals surface area contributed by atoms with Crippen LogP contribution in [0.3, 0.4) is 0 Å². The third-order valence-electron chi connectivity index (χ3n) is 4.20. The summed E-state index contributed by atoms with van der Waals surface area (Å²) >= 11 is 0. The maximum Gasteiger partial charge on any atom is 0.118 e. The summed E-state index contributed by atoms with van der Waals surface area (Å²) in [5.41, 5.74) is 4.71. The summed E-state index contributed by atoms with van der Waals surface area (Å²) in [4.78, 5) is 0. The summed E-state index contributed by atoms with van der Waals surface area (Å²) < 4.78 is 5.28. The van der Waals surface area contributed by atoms with Gasteiger partial charge in [-0.1, -0.05) is 36.8 Å². The number of aromatic hydroxyl groups is 1. The molecule has 0 atom stereocenters. The zero-order valence-electron chi connectivity index (χ0n) is 14.0. The van der Waals surface area contributed by atoms with Gasteiger partial charge in [-0.2, -0.15) is 0 Å². The van der Waals surface area contributed by atoms with E-state index in [2.05, 4.69) is 44.7 Å². The van der Waals surface area contributed by atoms with Crippen LogP contribution < -0.4 is 4.74 Å². The number of phenolic OH excluding ortho intramolecular Hbond substituents is 1. The van der Waals surface area contributed by atoms with E-state index < -0.39 is 0 Å². The second-order valence-electron chi connectivity index (χ2n) is 5.66. The van der Waals surface area contributed by atoms with Crippen molar-refractivity contribution in [1.29, 1.82) is 0 Å². The molecular formula is C22H21O2. The van der Waals surface area contributed by atoms with Gasteiger partial charge in [0.05, 0.1) is 7.11 Å². The van der Waals surface area contributed by atoms with E-state index in [9.17, 15) is 5.11 Å². The number of benzene rings is 2. The Hall–Kier alpha value is -2.22. The standard InChI is InChI=1S/C22H21O2/c1-3-21(16-6-4-5-7-16)22(17-8-12-19(23)13-9-17)18-10-14-20(24-2)15-11-18/h4-15,23H,3H2,1-2H3/b22-21-. The van der Waals surface area contributed by atoms with Gasteiger partial charge in [0.1, 0.15) is 11.5 Å². The third-order valence-corrected chi connectivity index (χ3v) is 4.20. The Morgan fingerprint density at radius 2 is 1.42 bits per heavy atom. The van der Waals surface area contributed by atoms with E-state index in [1.54, 1.807) is 19.2 Å². The van der Waals surface area contributed by atoms with Crippen molar-refractivity contribution in [1.82, 2.24) is 0 Å². The molecule has 2 heteroatoms. The molecular weight excluding hydrogens is 296 g/mol. The zero-order chi connectivity index (χ0) is 16.9. The van der Waals surface area contributed by atoms with Gasteiger partial charge in [-0.25, -0.2) is 0 Å². The van der Waals surface area contributed by atoms with Crippen molar-refractivity contribution in [3.8, 4) is 11.5 Å². The highest BCUT2D eigenvalue weighted by Gasteiger charge is 2.24. The summed E-state index contributed by atoms with van der Waals surface area (Å²) in [5.74, 6) is 2.35. The summed E-state index contributed by atoms with van der Waals surface area (Å²) in [5, 5.41) is 9.62. The average molecular weight is 317 g/mol. The minimum Gasteiger partial charge on any atom is -0.508 e. The smallest absolute Gasteiger partial charge is 0.118 e. The lowest BCUT2D eigenvalue weighted by Crippen LogP contribution is -2.03. The Balaban J connectivity index is 2.13. The topological polar surface area (TPSA) is 29.5 Å². The van der Waals surface area contributed by atoms with Crippen LogP contribution in [0.15, 0.2) is 54.1 Å². The van der Waals surface area contributed by atoms with Gasteiger partial charge in [-0.15, -0.1) is 0 Å². The van der Waals surface area contributed by atoms with E-state index in [0.29, 0.717) is 0 Å². The summed E-state index contributed by atoms with van der Waals surface area (Å²) in [7, 11) is 1.67.